The molecular formula is C15H19N3O2. The molecule has 20 heavy (non-hydrogen) atoms. The Hall–Kier alpha value is -1.64. The quantitative estimate of drug-likeness (QED) is 0.880. The van der Waals surface area contributed by atoms with Crippen molar-refractivity contribution in [2.75, 3.05) is 25.1 Å². The maximum atomic E-state index is 10.1. The van der Waals surface area contributed by atoms with Crippen LogP contribution in [0.4, 0.5) is 5.82 Å². The molecule has 0 radical (unpaired) electrons. The number of pyridine rings is 1. The van der Waals surface area contributed by atoms with E-state index < -0.39 is 0 Å². The SMILES string of the molecule is CO[C@@H]1C[C@H](O)C12CCN(c1ccc(C#N)cn1)CC2. The van der Waals surface area contributed by atoms with Crippen LogP contribution in [0.1, 0.15) is 24.8 Å². The Bertz CT molecular complexity index is 515. The number of aliphatic hydroxyl groups excluding tert-OH is 1. The summed E-state index contributed by atoms with van der Waals surface area (Å²) in [7, 11) is 1.73. The molecule has 1 aliphatic carbocycles. The number of hydrogen-bond donors (Lipinski definition) is 1. The number of nitrogens with zero attached hydrogens (tertiary/aromatic N) is 3. The molecule has 1 N–H and O–H groups in total. The van der Waals surface area contributed by atoms with E-state index in [-0.39, 0.29) is 17.6 Å². The van der Waals surface area contributed by atoms with Gasteiger partial charge < -0.3 is 14.7 Å². The Labute approximate surface area is 118 Å². The molecule has 2 atom stereocenters. The Morgan fingerprint density at radius 2 is 2.20 bits per heavy atom. The first-order valence-corrected chi connectivity index (χ1v) is 7.01. The molecule has 106 valence electrons. The lowest BCUT2D eigenvalue weighted by atomic mass is 9.58. The van der Waals surface area contributed by atoms with Crippen LogP contribution in [0.15, 0.2) is 18.3 Å². The van der Waals surface area contributed by atoms with Crippen LogP contribution in [-0.2, 0) is 4.74 Å². The minimum Gasteiger partial charge on any atom is -0.392 e. The molecule has 5 nitrogen and oxygen atoms in total. The first-order valence-electron chi connectivity index (χ1n) is 7.01. The Morgan fingerprint density at radius 3 is 2.70 bits per heavy atom. The van der Waals surface area contributed by atoms with Gasteiger partial charge in [-0.15, -0.1) is 0 Å². The Balaban J connectivity index is 1.68. The van der Waals surface area contributed by atoms with Gasteiger partial charge in [0, 0.05) is 38.2 Å². The van der Waals surface area contributed by atoms with E-state index in [2.05, 4.69) is 16.0 Å². The van der Waals surface area contributed by atoms with Crippen LogP contribution in [-0.4, -0.2) is 42.5 Å². The second-order valence-electron chi connectivity index (χ2n) is 5.71. The molecule has 3 rings (SSSR count). The summed E-state index contributed by atoms with van der Waals surface area (Å²) in [6, 6.07) is 5.76. The number of hydrogen-bond acceptors (Lipinski definition) is 5. The Morgan fingerprint density at radius 1 is 1.45 bits per heavy atom. The van der Waals surface area contributed by atoms with Gasteiger partial charge in [0.2, 0.25) is 0 Å². The van der Waals surface area contributed by atoms with E-state index in [4.69, 9.17) is 10.00 Å². The number of anilines is 1. The van der Waals surface area contributed by atoms with Crippen molar-refractivity contribution in [2.45, 2.75) is 31.5 Å². The monoisotopic (exact) mass is 273 g/mol. The first kappa shape index (κ1) is 13.3. The number of methoxy groups -OCH3 is 1. The van der Waals surface area contributed by atoms with Gasteiger partial charge in [-0.1, -0.05) is 0 Å². The average molecular weight is 273 g/mol. The molecule has 0 aromatic carbocycles. The zero-order valence-corrected chi connectivity index (χ0v) is 11.6. The van der Waals surface area contributed by atoms with Gasteiger partial charge in [0.1, 0.15) is 11.9 Å². The summed E-state index contributed by atoms with van der Waals surface area (Å²) in [5.41, 5.74) is 0.522. The minimum atomic E-state index is -0.233. The molecule has 1 aromatic heterocycles. The van der Waals surface area contributed by atoms with Crippen molar-refractivity contribution in [1.29, 1.82) is 5.26 Å². The van der Waals surface area contributed by atoms with Crippen molar-refractivity contribution < 1.29 is 9.84 Å². The Kier molecular flexibility index (Phi) is 3.36. The van der Waals surface area contributed by atoms with E-state index in [1.807, 2.05) is 6.07 Å². The molecule has 0 unspecified atom stereocenters. The van der Waals surface area contributed by atoms with Crippen LogP contribution in [0.2, 0.25) is 0 Å². The predicted molar refractivity (Wildman–Crippen MR) is 74.3 cm³/mol. The van der Waals surface area contributed by atoms with Gasteiger partial charge in [-0.25, -0.2) is 4.98 Å². The van der Waals surface area contributed by atoms with E-state index in [1.54, 1.807) is 19.4 Å². The van der Waals surface area contributed by atoms with Gasteiger partial charge in [-0.05, 0) is 25.0 Å². The summed E-state index contributed by atoms with van der Waals surface area (Å²) in [5, 5.41) is 18.9. The van der Waals surface area contributed by atoms with Gasteiger partial charge >= 0.3 is 0 Å². The molecule has 2 heterocycles. The molecule has 0 bridgehead atoms. The van der Waals surface area contributed by atoms with Crippen LogP contribution >= 0.6 is 0 Å². The fourth-order valence-electron chi connectivity index (χ4n) is 3.50. The molecular weight excluding hydrogens is 254 g/mol. The smallest absolute Gasteiger partial charge is 0.128 e. The van der Waals surface area contributed by atoms with Crippen molar-refractivity contribution in [2.24, 2.45) is 5.41 Å². The third-order valence-electron chi connectivity index (χ3n) is 4.92. The molecule has 1 aliphatic heterocycles. The molecule has 1 saturated carbocycles. The number of aliphatic hydroxyl groups is 1. The zero-order valence-electron chi connectivity index (χ0n) is 11.6. The molecule has 5 heteroatoms. The topological polar surface area (TPSA) is 69.4 Å². The van der Waals surface area contributed by atoms with Crippen LogP contribution in [0, 0.1) is 16.7 Å². The maximum absolute atomic E-state index is 10.1. The summed E-state index contributed by atoms with van der Waals surface area (Å²) in [4.78, 5) is 6.55. The highest BCUT2D eigenvalue weighted by molar-refractivity contribution is 5.42. The summed E-state index contributed by atoms with van der Waals surface area (Å²) < 4.78 is 5.49. The first-order chi connectivity index (χ1) is 9.69. The highest BCUT2D eigenvalue weighted by Gasteiger charge is 2.55. The van der Waals surface area contributed by atoms with Gasteiger partial charge in [-0.3, -0.25) is 0 Å². The van der Waals surface area contributed by atoms with Crippen LogP contribution in [0.25, 0.3) is 0 Å². The molecule has 2 fully saturated rings. The predicted octanol–water partition coefficient (Wildman–Crippen LogP) is 1.32. The number of rotatable bonds is 2. The second-order valence-corrected chi connectivity index (χ2v) is 5.71. The van der Waals surface area contributed by atoms with Crippen molar-refractivity contribution >= 4 is 5.82 Å². The number of ether oxygens (including phenoxy) is 1. The fraction of sp³-hybridized carbons (Fsp3) is 0.600. The molecule has 0 amide bonds. The van der Waals surface area contributed by atoms with E-state index in [0.29, 0.717) is 5.56 Å². The standard InChI is InChI=1S/C15H19N3O2/c1-20-13-8-12(19)15(13)4-6-18(7-5-15)14-3-2-11(9-16)10-17-14/h2-3,10,12-13,19H,4-8H2,1H3/t12-,13+/m0/s1. The van der Waals surface area contributed by atoms with E-state index in [1.165, 1.54) is 0 Å². The molecule has 1 aromatic rings. The second kappa shape index (κ2) is 5.04. The van der Waals surface area contributed by atoms with Crippen molar-refractivity contribution in [3.05, 3.63) is 23.9 Å². The van der Waals surface area contributed by atoms with Crippen molar-refractivity contribution in [1.82, 2.24) is 4.98 Å². The van der Waals surface area contributed by atoms with E-state index in [9.17, 15) is 5.11 Å². The summed E-state index contributed by atoms with van der Waals surface area (Å²) in [6.45, 7) is 1.74. The lowest BCUT2D eigenvalue weighted by molar-refractivity contribution is -0.190. The zero-order chi connectivity index (χ0) is 14.2. The fourth-order valence-corrected chi connectivity index (χ4v) is 3.50. The minimum absolute atomic E-state index is 0.0577. The normalized spacial score (nSPS) is 27.9. The number of aromatic nitrogens is 1. The third-order valence-corrected chi connectivity index (χ3v) is 4.92. The highest BCUT2D eigenvalue weighted by atomic mass is 16.5. The van der Waals surface area contributed by atoms with E-state index in [0.717, 1.165) is 38.2 Å². The van der Waals surface area contributed by atoms with Gasteiger partial charge in [0.15, 0.2) is 0 Å². The van der Waals surface area contributed by atoms with Gasteiger partial charge in [0.25, 0.3) is 0 Å². The van der Waals surface area contributed by atoms with Gasteiger partial charge in [0.05, 0.1) is 17.8 Å². The lowest BCUT2D eigenvalue weighted by Gasteiger charge is -2.56. The van der Waals surface area contributed by atoms with Crippen LogP contribution < -0.4 is 4.90 Å². The number of piperidine rings is 1. The largest absolute Gasteiger partial charge is 0.392 e. The van der Waals surface area contributed by atoms with Crippen molar-refractivity contribution in [3.63, 3.8) is 0 Å². The van der Waals surface area contributed by atoms with Crippen molar-refractivity contribution in [3.8, 4) is 6.07 Å². The highest BCUT2D eigenvalue weighted by Crippen LogP contribution is 2.50. The van der Waals surface area contributed by atoms with Crippen LogP contribution in [0.5, 0.6) is 0 Å². The average Bonchev–Trinajstić information content (AvgIpc) is 2.52. The summed E-state index contributed by atoms with van der Waals surface area (Å²) >= 11 is 0. The van der Waals surface area contributed by atoms with Crippen LogP contribution in [0.3, 0.4) is 0 Å². The van der Waals surface area contributed by atoms with E-state index >= 15 is 0 Å². The summed E-state index contributed by atoms with van der Waals surface area (Å²) in [6.07, 6.45) is 4.17. The lowest BCUT2D eigenvalue weighted by Crippen LogP contribution is -2.62. The summed E-state index contributed by atoms with van der Waals surface area (Å²) in [5.74, 6) is 0.904. The molecule has 1 spiro atoms. The third kappa shape index (κ3) is 1.96. The molecule has 2 aliphatic rings. The maximum Gasteiger partial charge on any atom is 0.128 e. The van der Waals surface area contributed by atoms with Gasteiger partial charge in [-0.2, -0.15) is 5.26 Å². The number of nitriles is 1. The molecule has 1 saturated heterocycles.